The molecule has 0 fully saturated rings. The van der Waals surface area contributed by atoms with Crippen molar-refractivity contribution in [3.05, 3.63) is 45.7 Å². The first-order valence-corrected chi connectivity index (χ1v) is 6.68. The van der Waals surface area contributed by atoms with Gasteiger partial charge in [-0.2, -0.15) is 5.10 Å². The SMILES string of the molecule is Cc1cc(C)n(C(Nc2c(Cl)cccc2Cl)C(N)=O)n1. The molecule has 5 nitrogen and oxygen atoms in total. The average molecular weight is 313 g/mol. The van der Waals surface area contributed by atoms with E-state index >= 15 is 0 Å². The second-order valence-corrected chi connectivity index (χ2v) is 5.23. The highest BCUT2D eigenvalue weighted by molar-refractivity contribution is 6.39. The molecule has 1 amide bonds. The number of aryl methyl sites for hydroxylation is 2. The van der Waals surface area contributed by atoms with Gasteiger partial charge in [0, 0.05) is 5.69 Å². The quantitative estimate of drug-likeness (QED) is 0.911. The smallest absolute Gasteiger partial charge is 0.262 e. The number of nitrogens with two attached hydrogens (primary N) is 1. The van der Waals surface area contributed by atoms with Crippen LogP contribution in [0, 0.1) is 13.8 Å². The number of nitrogens with zero attached hydrogens (tertiary/aromatic N) is 2. The topological polar surface area (TPSA) is 72.9 Å². The van der Waals surface area contributed by atoms with Crippen molar-refractivity contribution < 1.29 is 4.79 Å². The number of anilines is 1. The van der Waals surface area contributed by atoms with Crippen LogP contribution in [-0.2, 0) is 4.79 Å². The molecule has 0 bridgehead atoms. The molecule has 1 aromatic carbocycles. The van der Waals surface area contributed by atoms with Gasteiger partial charge in [0.05, 0.1) is 21.4 Å². The molecule has 1 aromatic heterocycles. The minimum Gasteiger partial charge on any atom is -0.366 e. The lowest BCUT2D eigenvalue weighted by atomic mass is 10.3. The molecule has 106 valence electrons. The van der Waals surface area contributed by atoms with Crippen LogP contribution < -0.4 is 11.1 Å². The molecule has 0 saturated carbocycles. The highest BCUT2D eigenvalue weighted by Crippen LogP contribution is 2.31. The van der Waals surface area contributed by atoms with Gasteiger partial charge in [-0.15, -0.1) is 0 Å². The van der Waals surface area contributed by atoms with E-state index in [0.29, 0.717) is 15.7 Å². The lowest BCUT2D eigenvalue weighted by Gasteiger charge is -2.20. The summed E-state index contributed by atoms with van der Waals surface area (Å²) >= 11 is 12.2. The molecular weight excluding hydrogens is 299 g/mol. The highest BCUT2D eigenvalue weighted by atomic mass is 35.5. The molecule has 7 heteroatoms. The minimum absolute atomic E-state index is 0.408. The maximum Gasteiger partial charge on any atom is 0.262 e. The standard InChI is InChI=1S/C13H14Cl2N4O/c1-7-6-8(2)19(18-7)13(12(16)20)17-11-9(14)4-3-5-10(11)15/h3-6,13,17H,1-2H3,(H2,16,20). The summed E-state index contributed by atoms with van der Waals surface area (Å²) in [6.45, 7) is 3.68. The molecule has 1 heterocycles. The van der Waals surface area contributed by atoms with Gasteiger partial charge in [0.25, 0.3) is 5.91 Å². The highest BCUT2D eigenvalue weighted by Gasteiger charge is 2.22. The molecule has 2 aromatic rings. The Labute approximate surface area is 126 Å². The Morgan fingerprint density at radius 1 is 1.35 bits per heavy atom. The molecule has 1 atom stereocenters. The summed E-state index contributed by atoms with van der Waals surface area (Å²) in [5, 5.41) is 8.02. The van der Waals surface area contributed by atoms with Crippen LogP contribution in [0.4, 0.5) is 5.69 Å². The number of rotatable bonds is 4. The Morgan fingerprint density at radius 2 is 1.95 bits per heavy atom. The second kappa shape index (κ2) is 5.73. The van der Waals surface area contributed by atoms with Crippen LogP contribution >= 0.6 is 23.2 Å². The molecular formula is C13H14Cl2N4O. The molecule has 0 spiro atoms. The molecule has 20 heavy (non-hydrogen) atoms. The van der Waals surface area contributed by atoms with Crippen molar-refractivity contribution in [2.45, 2.75) is 20.0 Å². The largest absolute Gasteiger partial charge is 0.366 e. The third-order valence-electron chi connectivity index (χ3n) is 2.80. The summed E-state index contributed by atoms with van der Waals surface area (Å²) in [6.07, 6.45) is -0.860. The zero-order valence-electron chi connectivity index (χ0n) is 11.0. The number of carbonyl (C=O) groups is 1. The molecule has 3 N–H and O–H groups in total. The molecule has 0 aliphatic rings. The van der Waals surface area contributed by atoms with Gasteiger partial charge in [-0.1, -0.05) is 29.3 Å². The Hall–Kier alpha value is -1.72. The van der Waals surface area contributed by atoms with Gasteiger partial charge >= 0.3 is 0 Å². The Bertz CT molecular complexity index is 634. The first-order chi connectivity index (χ1) is 9.40. The number of benzene rings is 1. The molecule has 0 radical (unpaired) electrons. The number of primary amides is 1. The van der Waals surface area contributed by atoms with E-state index < -0.39 is 12.1 Å². The molecule has 0 aliphatic carbocycles. The zero-order chi connectivity index (χ0) is 14.9. The summed E-state index contributed by atoms with van der Waals surface area (Å²) in [6, 6.07) is 6.92. The van der Waals surface area contributed by atoms with Crippen molar-refractivity contribution in [3.8, 4) is 0 Å². The van der Waals surface area contributed by atoms with E-state index in [1.807, 2.05) is 19.9 Å². The molecule has 0 saturated heterocycles. The van der Waals surface area contributed by atoms with Gasteiger partial charge < -0.3 is 11.1 Å². The van der Waals surface area contributed by atoms with E-state index in [1.54, 1.807) is 18.2 Å². The number of hydrogen-bond acceptors (Lipinski definition) is 3. The maximum atomic E-state index is 11.7. The summed E-state index contributed by atoms with van der Waals surface area (Å²) in [7, 11) is 0. The van der Waals surface area contributed by atoms with E-state index in [1.165, 1.54) is 4.68 Å². The molecule has 2 rings (SSSR count). The predicted octanol–water partition coefficient (Wildman–Crippen LogP) is 2.90. The maximum absolute atomic E-state index is 11.7. The van der Waals surface area contributed by atoms with E-state index in [2.05, 4.69) is 10.4 Å². The molecule has 0 aliphatic heterocycles. The van der Waals surface area contributed by atoms with Crippen LogP contribution in [0.1, 0.15) is 17.6 Å². The lowest BCUT2D eigenvalue weighted by Crippen LogP contribution is -2.34. The third-order valence-corrected chi connectivity index (χ3v) is 3.43. The number of hydrogen-bond donors (Lipinski definition) is 2. The fraction of sp³-hybridized carbons (Fsp3) is 0.231. The Balaban J connectivity index is 2.41. The van der Waals surface area contributed by atoms with Crippen molar-refractivity contribution in [1.82, 2.24) is 9.78 Å². The predicted molar refractivity (Wildman–Crippen MR) is 80.0 cm³/mol. The lowest BCUT2D eigenvalue weighted by molar-refractivity contribution is -0.120. The minimum atomic E-state index is -0.860. The number of amides is 1. The van der Waals surface area contributed by atoms with E-state index in [0.717, 1.165) is 11.4 Å². The summed E-state index contributed by atoms with van der Waals surface area (Å²) in [5.74, 6) is -0.577. The normalized spacial score (nSPS) is 12.2. The van der Waals surface area contributed by atoms with E-state index in [9.17, 15) is 4.79 Å². The van der Waals surface area contributed by atoms with Gasteiger partial charge in [-0.3, -0.25) is 4.79 Å². The van der Waals surface area contributed by atoms with Gasteiger partial charge in [0.1, 0.15) is 0 Å². The van der Waals surface area contributed by atoms with Gasteiger partial charge in [0.2, 0.25) is 0 Å². The van der Waals surface area contributed by atoms with Crippen molar-refractivity contribution in [1.29, 1.82) is 0 Å². The van der Waals surface area contributed by atoms with Crippen LogP contribution in [-0.4, -0.2) is 15.7 Å². The van der Waals surface area contributed by atoms with Gasteiger partial charge in [0.15, 0.2) is 6.17 Å². The van der Waals surface area contributed by atoms with E-state index in [4.69, 9.17) is 28.9 Å². The number of para-hydroxylation sites is 1. The number of halogens is 2. The van der Waals surface area contributed by atoms with Crippen LogP contribution in [0.2, 0.25) is 10.0 Å². The van der Waals surface area contributed by atoms with Gasteiger partial charge in [-0.25, -0.2) is 4.68 Å². The number of nitrogens with one attached hydrogen (secondary N) is 1. The monoisotopic (exact) mass is 312 g/mol. The van der Waals surface area contributed by atoms with Crippen molar-refractivity contribution >= 4 is 34.8 Å². The van der Waals surface area contributed by atoms with Crippen LogP contribution in [0.15, 0.2) is 24.3 Å². The van der Waals surface area contributed by atoms with E-state index in [-0.39, 0.29) is 0 Å². The van der Waals surface area contributed by atoms with Crippen molar-refractivity contribution in [2.24, 2.45) is 5.73 Å². The molecule has 1 unspecified atom stereocenters. The zero-order valence-corrected chi connectivity index (χ0v) is 12.5. The first kappa shape index (κ1) is 14.7. The summed E-state index contributed by atoms with van der Waals surface area (Å²) < 4.78 is 1.51. The Kier molecular flexibility index (Phi) is 4.20. The van der Waals surface area contributed by atoms with Gasteiger partial charge in [-0.05, 0) is 32.0 Å². The Morgan fingerprint density at radius 3 is 2.40 bits per heavy atom. The van der Waals surface area contributed by atoms with Crippen molar-refractivity contribution in [3.63, 3.8) is 0 Å². The fourth-order valence-corrected chi connectivity index (χ4v) is 2.44. The van der Waals surface area contributed by atoms with Crippen LogP contribution in [0.25, 0.3) is 0 Å². The van der Waals surface area contributed by atoms with Crippen LogP contribution in [0.5, 0.6) is 0 Å². The number of carbonyl (C=O) groups excluding carboxylic acids is 1. The second-order valence-electron chi connectivity index (χ2n) is 4.42. The number of aromatic nitrogens is 2. The fourth-order valence-electron chi connectivity index (χ4n) is 1.93. The average Bonchev–Trinajstić information content (AvgIpc) is 2.67. The summed E-state index contributed by atoms with van der Waals surface area (Å²) in [5.41, 5.74) is 7.50. The first-order valence-electron chi connectivity index (χ1n) is 5.92. The summed E-state index contributed by atoms with van der Waals surface area (Å²) in [4.78, 5) is 11.7. The van der Waals surface area contributed by atoms with Crippen LogP contribution in [0.3, 0.4) is 0 Å². The van der Waals surface area contributed by atoms with Crippen molar-refractivity contribution in [2.75, 3.05) is 5.32 Å². The third kappa shape index (κ3) is 2.89.